The molecule has 0 unspecified atom stereocenters. The zero-order chi connectivity index (χ0) is 14.0. The summed E-state index contributed by atoms with van der Waals surface area (Å²) in [5.74, 6) is 1.52. The Labute approximate surface area is 118 Å². The molecule has 0 spiro atoms. The Morgan fingerprint density at radius 1 is 1.37 bits per heavy atom. The minimum absolute atomic E-state index is 0.700. The summed E-state index contributed by atoms with van der Waals surface area (Å²) >= 11 is 6.22. The third kappa shape index (κ3) is 2.91. The molecule has 2 rings (SSSR count). The van der Waals surface area contributed by atoms with Gasteiger partial charge in [-0.25, -0.2) is 0 Å². The average molecular weight is 280 g/mol. The van der Waals surface area contributed by atoms with Crippen molar-refractivity contribution in [2.45, 2.75) is 20.4 Å². The van der Waals surface area contributed by atoms with Crippen LogP contribution in [0.5, 0.6) is 11.5 Å². The Morgan fingerprint density at radius 3 is 2.63 bits per heavy atom. The zero-order valence-corrected chi connectivity index (χ0v) is 12.4. The van der Waals surface area contributed by atoms with Crippen molar-refractivity contribution in [2.75, 3.05) is 7.05 Å². The summed E-state index contributed by atoms with van der Waals surface area (Å²) in [5, 5.41) is 8.10. The predicted molar refractivity (Wildman–Crippen MR) is 77.0 cm³/mol. The van der Waals surface area contributed by atoms with Gasteiger partial charge in [0, 0.05) is 18.6 Å². The lowest BCUT2D eigenvalue weighted by Crippen LogP contribution is -2.05. The quantitative estimate of drug-likeness (QED) is 0.934. The molecule has 1 N–H and O–H groups in total. The van der Waals surface area contributed by atoms with Crippen molar-refractivity contribution < 1.29 is 4.74 Å². The molecule has 0 fully saturated rings. The minimum Gasteiger partial charge on any atom is -0.453 e. The summed E-state index contributed by atoms with van der Waals surface area (Å²) in [4.78, 5) is 0. The van der Waals surface area contributed by atoms with Crippen LogP contribution in [0.4, 0.5) is 0 Å². The standard InChI is InChI=1S/C14H18ClN3O/c1-9-14(10(2)18(4)17-9)19-12-6-5-11(8-16-3)13(15)7-12/h5-7,16H,8H2,1-4H3. The van der Waals surface area contributed by atoms with Crippen molar-refractivity contribution in [3.8, 4) is 11.5 Å². The van der Waals surface area contributed by atoms with E-state index in [1.165, 1.54) is 0 Å². The summed E-state index contributed by atoms with van der Waals surface area (Å²) in [6.07, 6.45) is 0. The second-order valence-electron chi connectivity index (χ2n) is 4.51. The average Bonchev–Trinajstić information content (AvgIpc) is 2.60. The lowest BCUT2D eigenvalue weighted by atomic mass is 10.2. The van der Waals surface area contributed by atoms with Crippen LogP contribution in [0, 0.1) is 13.8 Å². The van der Waals surface area contributed by atoms with Crippen molar-refractivity contribution >= 4 is 11.6 Å². The molecule has 0 atom stereocenters. The van der Waals surface area contributed by atoms with Crippen molar-refractivity contribution in [1.82, 2.24) is 15.1 Å². The van der Waals surface area contributed by atoms with Crippen LogP contribution >= 0.6 is 11.6 Å². The van der Waals surface area contributed by atoms with E-state index in [4.69, 9.17) is 16.3 Å². The van der Waals surface area contributed by atoms with E-state index in [1.807, 2.05) is 50.8 Å². The summed E-state index contributed by atoms with van der Waals surface area (Å²) in [6, 6.07) is 5.72. The SMILES string of the molecule is CNCc1ccc(Oc2c(C)nn(C)c2C)cc1Cl. The second kappa shape index (κ2) is 5.63. The topological polar surface area (TPSA) is 39.1 Å². The van der Waals surface area contributed by atoms with Gasteiger partial charge in [0.15, 0.2) is 5.75 Å². The Kier molecular flexibility index (Phi) is 4.12. The Bertz CT molecular complexity index is 593. The summed E-state index contributed by atoms with van der Waals surface area (Å²) in [6.45, 7) is 4.65. The van der Waals surface area contributed by atoms with Crippen LogP contribution in [0.15, 0.2) is 18.2 Å². The van der Waals surface area contributed by atoms with E-state index < -0.39 is 0 Å². The first kappa shape index (κ1) is 13.9. The van der Waals surface area contributed by atoms with Gasteiger partial charge in [0.1, 0.15) is 11.4 Å². The van der Waals surface area contributed by atoms with Crippen molar-refractivity contribution in [3.05, 3.63) is 40.2 Å². The highest BCUT2D eigenvalue weighted by Crippen LogP contribution is 2.30. The molecule has 5 heteroatoms. The highest BCUT2D eigenvalue weighted by molar-refractivity contribution is 6.31. The maximum absolute atomic E-state index is 6.22. The molecule has 0 aliphatic rings. The molecule has 0 saturated carbocycles. The molecule has 1 heterocycles. The van der Waals surface area contributed by atoms with Crippen molar-refractivity contribution in [1.29, 1.82) is 0 Å². The third-order valence-corrected chi connectivity index (χ3v) is 3.41. The van der Waals surface area contributed by atoms with E-state index in [2.05, 4.69) is 10.4 Å². The number of nitrogens with one attached hydrogen (secondary N) is 1. The van der Waals surface area contributed by atoms with Crippen LogP contribution < -0.4 is 10.1 Å². The molecular weight excluding hydrogens is 262 g/mol. The highest BCUT2D eigenvalue weighted by Gasteiger charge is 2.12. The van der Waals surface area contributed by atoms with E-state index >= 15 is 0 Å². The molecule has 1 aromatic carbocycles. The molecule has 0 saturated heterocycles. The van der Waals surface area contributed by atoms with Crippen LogP contribution in [-0.4, -0.2) is 16.8 Å². The summed E-state index contributed by atoms with van der Waals surface area (Å²) < 4.78 is 7.69. The molecule has 0 aliphatic heterocycles. The number of nitrogens with zero attached hydrogens (tertiary/aromatic N) is 2. The minimum atomic E-state index is 0.700. The smallest absolute Gasteiger partial charge is 0.171 e. The first-order valence-corrected chi connectivity index (χ1v) is 6.51. The largest absolute Gasteiger partial charge is 0.453 e. The Hall–Kier alpha value is -1.52. The van der Waals surface area contributed by atoms with E-state index in [-0.39, 0.29) is 0 Å². The van der Waals surface area contributed by atoms with Gasteiger partial charge in [-0.15, -0.1) is 0 Å². The lowest BCUT2D eigenvalue weighted by molar-refractivity contribution is 0.474. The van der Waals surface area contributed by atoms with Crippen molar-refractivity contribution in [3.63, 3.8) is 0 Å². The van der Waals surface area contributed by atoms with Gasteiger partial charge in [0.2, 0.25) is 0 Å². The number of rotatable bonds is 4. The highest BCUT2D eigenvalue weighted by atomic mass is 35.5. The molecule has 0 amide bonds. The number of aryl methyl sites for hydroxylation is 2. The first-order chi connectivity index (χ1) is 9.02. The maximum Gasteiger partial charge on any atom is 0.171 e. The van der Waals surface area contributed by atoms with Crippen LogP contribution in [0.25, 0.3) is 0 Å². The van der Waals surface area contributed by atoms with E-state index in [9.17, 15) is 0 Å². The lowest BCUT2D eigenvalue weighted by Gasteiger charge is -2.09. The molecule has 2 aromatic rings. The fraction of sp³-hybridized carbons (Fsp3) is 0.357. The van der Waals surface area contributed by atoms with Gasteiger partial charge in [-0.05, 0) is 38.6 Å². The molecule has 102 valence electrons. The van der Waals surface area contributed by atoms with Gasteiger partial charge in [0.05, 0.1) is 5.69 Å². The van der Waals surface area contributed by atoms with Crippen LogP contribution in [0.1, 0.15) is 17.0 Å². The van der Waals surface area contributed by atoms with Crippen molar-refractivity contribution in [2.24, 2.45) is 7.05 Å². The normalized spacial score (nSPS) is 10.8. The molecule has 0 radical (unpaired) electrons. The predicted octanol–water partition coefficient (Wildman–Crippen LogP) is 3.20. The zero-order valence-electron chi connectivity index (χ0n) is 11.6. The van der Waals surface area contributed by atoms with Gasteiger partial charge in [-0.3, -0.25) is 4.68 Å². The second-order valence-corrected chi connectivity index (χ2v) is 4.92. The maximum atomic E-state index is 6.22. The van der Waals surface area contributed by atoms with Gasteiger partial charge in [-0.2, -0.15) is 5.10 Å². The molecule has 1 aromatic heterocycles. The van der Waals surface area contributed by atoms with Gasteiger partial charge >= 0.3 is 0 Å². The monoisotopic (exact) mass is 279 g/mol. The van der Waals surface area contributed by atoms with Gasteiger partial charge < -0.3 is 10.1 Å². The number of hydrogen-bond acceptors (Lipinski definition) is 3. The van der Waals surface area contributed by atoms with Gasteiger partial charge in [0.25, 0.3) is 0 Å². The molecule has 0 bridgehead atoms. The summed E-state index contributed by atoms with van der Waals surface area (Å²) in [7, 11) is 3.79. The van der Waals surface area contributed by atoms with E-state index in [1.54, 1.807) is 0 Å². The van der Waals surface area contributed by atoms with E-state index in [0.717, 1.165) is 35.0 Å². The molecular formula is C14H18ClN3O. The third-order valence-electron chi connectivity index (χ3n) is 3.05. The fourth-order valence-electron chi connectivity index (χ4n) is 1.95. The fourth-order valence-corrected chi connectivity index (χ4v) is 2.18. The Morgan fingerprint density at radius 2 is 2.11 bits per heavy atom. The van der Waals surface area contributed by atoms with Crippen LogP contribution in [-0.2, 0) is 13.6 Å². The number of benzene rings is 1. The summed E-state index contributed by atoms with van der Waals surface area (Å²) in [5.41, 5.74) is 2.92. The number of halogens is 1. The molecule has 0 aliphatic carbocycles. The van der Waals surface area contributed by atoms with Crippen LogP contribution in [0.3, 0.4) is 0 Å². The first-order valence-electron chi connectivity index (χ1n) is 6.14. The molecule has 19 heavy (non-hydrogen) atoms. The van der Waals surface area contributed by atoms with E-state index in [0.29, 0.717) is 5.02 Å². The number of ether oxygens (including phenoxy) is 1. The molecule has 4 nitrogen and oxygen atoms in total. The number of hydrogen-bond donors (Lipinski definition) is 1. The van der Waals surface area contributed by atoms with Gasteiger partial charge in [-0.1, -0.05) is 17.7 Å². The Balaban J connectivity index is 2.26. The van der Waals surface area contributed by atoms with Crippen LogP contribution in [0.2, 0.25) is 5.02 Å². The number of aromatic nitrogens is 2.